The Morgan fingerprint density at radius 3 is 2.10 bits per heavy atom. The molecule has 0 saturated carbocycles. The highest BCUT2D eigenvalue weighted by Crippen LogP contribution is 2.37. The lowest BCUT2D eigenvalue weighted by molar-refractivity contribution is -0.143. The molecule has 1 aromatic carbocycles. The lowest BCUT2D eigenvalue weighted by atomic mass is 9.99. The number of nitrogens with one attached hydrogen (secondary N) is 1. The second-order valence-electron chi connectivity index (χ2n) is 14.6. The molecule has 3 aromatic rings. The first-order chi connectivity index (χ1) is 22.5. The van der Waals surface area contributed by atoms with Gasteiger partial charge in [0.05, 0.1) is 19.4 Å². The number of carbonyl (C=O) groups is 4. The van der Waals surface area contributed by atoms with Gasteiger partial charge < -0.3 is 34.1 Å². The lowest BCUT2D eigenvalue weighted by Gasteiger charge is -2.29. The standard InChI is InChI=1S/C32H41BrClN7O8/c1-29(2,3)47-26(44)38-32(25(42)43)10-11-39(15-32)21-13-18(34)12-20(33)19(21)14-40-17-37-22-23(40)35-16-36-24(22)41(27(45)48-30(4,5)6)28(46)49-31(7,8)9/h12-13,16-17H,10-11,14-15H2,1-9H3,(H,38,44)(H,42,43). The van der Waals surface area contributed by atoms with Crippen molar-refractivity contribution >= 4 is 74.4 Å². The van der Waals surface area contributed by atoms with Crippen LogP contribution in [-0.2, 0) is 25.5 Å². The molecular weight excluding hydrogens is 726 g/mol. The number of imide groups is 1. The SMILES string of the molecule is CC(C)(C)OC(=O)NC1(C(=O)O)CCN(c2cc(Cl)cc(Br)c2Cn2cnc3c(N(C(=O)OC(C)(C)C)C(=O)OC(C)(C)C)ncnc32)C1. The van der Waals surface area contributed by atoms with Crippen molar-refractivity contribution in [3.05, 3.63) is 39.8 Å². The summed E-state index contributed by atoms with van der Waals surface area (Å²) >= 11 is 10.1. The third kappa shape index (κ3) is 9.09. The monoisotopic (exact) mass is 765 g/mol. The summed E-state index contributed by atoms with van der Waals surface area (Å²) in [6, 6.07) is 3.41. The average molecular weight is 767 g/mol. The molecule has 2 aromatic heterocycles. The zero-order valence-corrected chi connectivity index (χ0v) is 31.2. The van der Waals surface area contributed by atoms with E-state index in [1.165, 1.54) is 12.7 Å². The minimum atomic E-state index is -1.62. The van der Waals surface area contributed by atoms with Gasteiger partial charge in [0, 0.05) is 33.7 Å². The van der Waals surface area contributed by atoms with E-state index in [0.29, 0.717) is 25.6 Å². The van der Waals surface area contributed by atoms with E-state index < -0.39 is 46.6 Å². The number of alkyl carbamates (subject to hydrolysis) is 1. The maximum Gasteiger partial charge on any atom is 0.425 e. The van der Waals surface area contributed by atoms with Gasteiger partial charge in [-0.05, 0) is 74.4 Å². The smallest absolute Gasteiger partial charge is 0.425 e. The maximum absolute atomic E-state index is 13.3. The molecule has 0 bridgehead atoms. The van der Waals surface area contributed by atoms with Crippen LogP contribution in [0.5, 0.6) is 0 Å². The molecule has 4 rings (SSSR count). The van der Waals surface area contributed by atoms with Gasteiger partial charge in [-0.1, -0.05) is 27.5 Å². The Bertz CT molecular complexity index is 1750. The average Bonchev–Trinajstić information content (AvgIpc) is 3.53. The van der Waals surface area contributed by atoms with Crippen LogP contribution in [-0.4, -0.2) is 84.3 Å². The third-order valence-electron chi connectivity index (χ3n) is 6.97. The Hall–Kier alpha value is -4.18. The van der Waals surface area contributed by atoms with Crippen LogP contribution in [0.2, 0.25) is 5.02 Å². The number of carbonyl (C=O) groups excluding carboxylic acids is 3. The number of halogens is 2. The summed E-state index contributed by atoms with van der Waals surface area (Å²) in [5.41, 5.74) is -2.60. The van der Waals surface area contributed by atoms with E-state index in [-0.39, 0.29) is 43.0 Å². The number of anilines is 2. The van der Waals surface area contributed by atoms with Crippen molar-refractivity contribution in [3.8, 4) is 0 Å². The predicted octanol–water partition coefficient (Wildman–Crippen LogP) is 6.53. The first-order valence-electron chi connectivity index (χ1n) is 15.4. The van der Waals surface area contributed by atoms with Crippen LogP contribution >= 0.6 is 27.5 Å². The second-order valence-corrected chi connectivity index (χ2v) is 15.9. The van der Waals surface area contributed by atoms with Crippen LogP contribution in [0, 0.1) is 0 Å². The number of carboxylic acids is 1. The van der Waals surface area contributed by atoms with Crippen molar-refractivity contribution in [2.45, 2.75) is 97.6 Å². The number of rotatable bonds is 6. The summed E-state index contributed by atoms with van der Waals surface area (Å²) < 4.78 is 18.7. The lowest BCUT2D eigenvalue weighted by Crippen LogP contribution is -2.57. The van der Waals surface area contributed by atoms with E-state index in [4.69, 9.17) is 25.8 Å². The molecule has 1 aliphatic heterocycles. The van der Waals surface area contributed by atoms with Crippen molar-refractivity contribution in [3.63, 3.8) is 0 Å². The number of aliphatic carboxylic acids is 1. The Balaban J connectivity index is 1.73. The fourth-order valence-electron chi connectivity index (χ4n) is 5.05. The van der Waals surface area contributed by atoms with Crippen molar-refractivity contribution < 1.29 is 38.5 Å². The van der Waals surface area contributed by atoms with Crippen LogP contribution in [0.25, 0.3) is 11.2 Å². The summed E-state index contributed by atoms with van der Waals surface area (Å²) in [4.78, 5) is 67.4. The molecule has 1 unspecified atom stereocenters. The summed E-state index contributed by atoms with van der Waals surface area (Å²) in [7, 11) is 0. The number of ether oxygens (including phenoxy) is 3. The minimum Gasteiger partial charge on any atom is -0.479 e. The van der Waals surface area contributed by atoms with Crippen LogP contribution in [0.4, 0.5) is 25.9 Å². The quantitative estimate of drug-likeness (QED) is 0.260. The highest BCUT2D eigenvalue weighted by molar-refractivity contribution is 9.10. The van der Waals surface area contributed by atoms with E-state index in [1.807, 2.05) is 4.90 Å². The highest BCUT2D eigenvalue weighted by Gasteiger charge is 2.47. The summed E-state index contributed by atoms with van der Waals surface area (Å²) in [6.07, 6.45) is -0.0762. The second kappa shape index (κ2) is 13.6. The van der Waals surface area contributed by atoms with Gasteiger partial charge in [-0.15, -0.1) is 0 Å². The zero-order valence-electron chi connectivity index (χ0n) is 28.9. The fourth-order valence-corrected chi connectivity index (χ4v) is 5.97. The molecule has 15 nitrogen and oxygen atoms in total. The van der Waals surface area contributed by atoms with Crippen LogP contribution in [0.1, 0.15) is 74.3 Å². The number of nitrogens with zero attached hydrogens (tertiary/aromatic N) is 6. The molecular formula is C32H41BrClN7O8. The van der Waals surface area contributed by atoms with Crippen molar-refractivity contribution in [2.75, 3.05) is 22.9 Å². The number of fused-ring (bicyclic) bond motifs is 1. The number of imidazole rings is 1. The third-order valence-corrected chi connectivity index (χ3v) is 7.90. The van der Waals surface area contributed by atoms with Gasteiger partial charge in [-0.2, -0.15) is 4.90 Å². The van der Waals surface area contributed by atoms with Crippen LogP contribution in [0.15, 0.2) is 29.3 Å². The number of amides is 3. The normalized spacial score (nSPS) is 16.8. The summed E-state index contributed by atoms with van der Waals surface area (Å²) in [5.74, 6) is -1.34. The Labute approximate surface area is 297 Å². The number of aromatic nitrogens is 4. The first-order valence-corrected chi connectivity index (χ1v) is 16.5. The molecule has 3 amide bonds. The van der Waals surface area contributed by atoms with Gasteiger partial charge in [0.1, 0.15) is 23.1 Å². The number of hydrogen-bond donors (Lipinski definition) is 2. The Morgan fingerprint density at radius 1 is 0.959 bits per heavy atom. The summed E-state index contributed by atoms with van der Waals surface area (Å²) in [5, 5.41) is 13.2. The largest absolute Gasteiger partial charge is 0.479 e. The molecule has 49 heavy (non-hydrogen) atoms. The molecule has 0 radical (unpaired) electrons. The molecule has 0 spiro atoms. The Kier molecular flexibility index (Phi) is 10.5. The van der Waals surface area contributed by atoms with E-state index >= 15 is 0 Å². The van der Waals surface area contributed by atoms with E-state index in [2.05, 4.69) is 36.2 Å². The van der Waals surface area contributed by atoms with E-state index in [1.54, 1.807) is 79.0 Å². The molecule has 1 saturated heterocycles. The molecule has 266 valence electrons. The van der Waals surface area contributed by atoms with Crippen LogP contribution < -0.4 is 15.1 Å². The van der Waals surface area contributed by atoms with Gasteiger partial charge in [0.2, 0.25) is 0 Å². The molecule has 2 N–H and O–H groups in total. The van der Waals surface area contributed by atoms with E-state index in [0.717, 1.165) is 0 Å². The highest BCUT2D eigenvalue weighted by atomic mass is 79.9. The maximum atomic E-state index is 13.3. The van der Waals surface area contributed by atoms with Gasteiger partial charge in [-0.25, -0.2) is 34.1 Å². The van der Waals surface area contributed by atoms with Gasteiger partial charge in [0.25, 0.3) is 0 Å². The first kappa shape index (κ1) is 37.6. The fraction of sp³-hybridized carbons (Fsp3) is 0.531. The number of hydrogen-bond acceptors (Lipinski definition) is 11. The molecule has 17 heteroatoms. The molecule has 1 aliphatic rings. The number of benzene rings is 1. The van der Waals surface area contributed by atoms with E-state index in [9.17, 15) is 24.3 Å². The van der Waals surface area contributed by atoms with Crippen molar-refractivity contribution in [1.82, 2.24) is 24.8 Å². The minimum absolute atomic E-state index is 0.0703. The van der Waals surface area contributed by atoms with Gasteiger partial charge in [-0.3, -0.25) is 0 Å². The topological polar surface area (TPSA) is 178 Å². The Morgan fingerprint density at radius 2 is 1.55 bits per heavy atom. The number of carboxylic acid groups (broad SMARTS) is 1. The van der Waals surface area contributed by atoms with Crippen molar-refractivity contribution in [2.24, 2.45) is 0 Å². The summed E-state index contributed by atoms with van der Waals surface area (Å²) in [6.45, 7) is 15.4. The van der Waals surface area contributed by atoms with Crippen LogP contribution in [0.3, 0.4) is 0 Å². The van der Waals surface area contributed by atoms with Crippen molar-refractivity contribution in [1.29, 1.82) is 0 Å². The molecule has 1 fully saturated rings. The molecule has 3 heterocycles. The molecule has 1 atom stereocenters. The van der Waals surface area contributed by atoms with Gasteiger partial charge >= 0.3 is 24.2 Å². The van der Waals surface area contributed by atoms with Gasteiger partial charge in [0.15, 0.2) is 22.5 Å². The zero-order chi connectivity index (χ0) is 36.7. The predicted molar refractivity (Wildman–Crippen MR) is 185 cm³/mol. The molecule has 0 aliphatic carbocycles.